The Balaban J connectivity index is 1.52. The summed E-state index contributed by atoms with van der Waals surface area (Å²) in [5, 5.41) is 6.25. The summed E-state index contributed by atoms with van der Waals surface area (Å²) in [4.78, 5) is 0.389. The summed E-state index contributed by atoms with van der Waals surface area (Å²) in [6.07, 6.45) is 0. The lowest BCUT2D eigenvalue weighted by Gasteiger charge is -2.19. The van der Waals surface area contributed by atoms with Crippen LogP contribution >= 0.6 is 0 Å². The van der Waals surface area contributed by atoms with Crippen molar-refractivity contribution in [3.05, 3.63) is 83.7 Å². The smallest absolute Gasteiger partial charge is 0.261 e. The van der Waals surface area contributed by atoms with Crippen molar-refractivity contribution in [1.29, 1.82) is 0 Å². The fourth-order valence-corrected chi connectivity index (χ4v) is 5.63. The molecule has 0 fully saturated rings. The van der Waals surface area contributed by atoms with Crippen molar-refractivity contribution >= 4 is 26.5 Å². The highest BCUT2D eigenvalue weighted by molar-refractivity contribution is 7.93. The molecule has 1 aliphatic heterocycles. The largest absolute Gasteiger partial charge is 0.265 e. The van der Waals surface area contributed by atoms with Crippen molar-refractivity contribution in [2.75, 3.05) is 4.31 Å². The van der Waals surface area contributed by atoms with Gasteiger partial charge in [-0.05, 0) is 55.1 Å². The number of benzene rings is 3. The molecular weight excluding hydrogens is 370 g/mol. The third-order valence-electron chi connectivity index (χ3n) is 5.20. The first-order chi connectivity index (χ1) is 13.4. The van der Waals surface area contributed by atoms with Crippen molar-refractivity contribution in [2.45, 2.75) is 25.3 Å². The minimum atomic E-state index is -3.55. The van der Waals surface area contributed by atoms with E-state index < -0.39 is 10.0 Å². The van der Waals surface area contributed by atoms with Gasteiger partial charge in [-0.15, -0.1) is 0 Å². The molecule has 1 aliphatic rings. The lowest BCUT2D eigenvalue weighted by molar-refractivity contribution is 0.593. The molecule has 5 rings (SSSR count). The number of sulfonamides is 1. The van der Waals surface area contributed by atoms with Crippen molar-refractivity contribution in [3.8, 4) is 5.69 Å². The predicted molar refractivity (Wildman–Crippen MR) is 110 cm³/mol. The second kappa shape index (κ2) is 5.94. The summed E-state index contributed by atoms with van der Waals surface area (Å²) >= 11 is 0. The number of aryl methyl sites for hydroxylation is 2. The van der Waals surface area contributed by atoms with Crippen molar-refractivity contribution in [3.63, 3.8) is 0 Å². The van der Waals surface area contributed by atoms with E-state index in [2.05, 4.69) is 5.10 Å². The Hall–Kier alpha value is -3.12. The van der Waals surface area contributed by atoms with Gasteiger partial charge in [-0.1, -0.05) is 36.4 Å². The molecule has 2 heterocycles. The van der Waals surface area contributed by atoms with E-state index >= 15 is 0 Å². The Morgan fingerprint density at radius 3 is 2.32 bits per heavy atom. The number of hydrogen-bond acceptors (Lipinski definition) is 3. The number of anilines is 1. The predicted octanol–water partition coefficient (Wildman–Crippen LogP) is 4.35. The standard InChI is InChI=1S/C22H19N3O2S/c1-15-13-16(2)25(23-15)19-11-9-17(10-12-19)14-24-20-7-3-5-18-6-4-8-21(22(18)20)28(24,26)27/h3-13H,14H2,1-2H3. The fraction of sp³-hybridized carbons (Fsp3) is 0.136. The fourth-order valence-electron chi connectivity index (χ4n) is 3.93. The van der Waals surface area contributed by atoms with E-state index in [0.29, 0.717) is 11.4 Å². The molecule has 0 N–H and O–H groups in total. The Morgan fingerprint density at radius 2 is 1.64 bits per heavy atom. The summed E-state index contributed by atoms with van der Waals surface area (Å²) in [6, 6.07) is 21.1. The van der Waals surface area contributed by atoms with E-state index in [-0.39, 0.29) is 0 Å². The van der Waals surface area contributed by atoms with Crippen molar-refractivity contribution in [1.82, 2.24) is 9.78 Å². The topological polar surface area (TPSA) is 55.2 Å². The first-order valence-corrected chi connectivity index (χ1v) is 10.6. The molecule has 0 unspecified atom stereocenters. The van der Waals surface area contributed by atoms with Crippen LogP contribution in [-0.4, -0.2) is 18.2 Å². The van der Waals surface area contributed by atoms with E-state index in [9.17, 15) is 8.42 Å². The second-order valence-electron chi connectivity index (χ2n) is 7.15. The first kappa shape index (κ1) is 17.0. The Kier molecular flexibility index (Phi) is 3.61. The zero-order valence-corrected chi connectivity index (χ0v) is 16.4. The van der Waals surface area contributed by atoms with Crippen LogP contribution in [0.4, 0.5) is 5.69 Å². The molecular formula is C22H19N3O2S. The monoisotopic (exact) mass is 389 g/mol. The van der Waals surface area contributed by atoms with Crippen LogP contribution in [0.3, 0.4) is 0 Å². The van der Waals surface area contributed by atoms with Crippen LogP contribution in [0.5, 0.6) is 0 Å². The molecule has 0 saturated carbocycles. The van der Waals surface area contributed by atoms with Crippen molar-refractivity contribution < 1.29 is 8.42 Å². The highest BCUT2D eigenvalue weighted by atomic mass is 32.2. The van der Waals surface area contributed by atoms with Crippen LogP contribution in [0.15, 0.2) is 71.6 Å². The van der Waals surface area contributed by atoms with Gasteiger partial charge in [-0.3, -0.25) is 4.31 Å². The van der Waals surface area contributed by atoms with E-state index in [1.807, 2.05) is 73.1 Å². The van der Waals surface area contributed by atoms with Gasteiger partial charge >= 0.3 is 0 Å². The van der Waals surface area contributed by atoms with Gasteiger partial charge in [0.1, 0.15) is 0 Å². The summed E-state index contributed by atoms with van der Waals surface area (Å²) in [5.74, 6) is 0. The molecule has 0 spiro atoms. The van der Waals surface area contributed by atoms with Crippen LogP contribution in [0.1, 0.15) is 17.0 Å². The van der Waals surface area contributed by atoms with Crippen LogP contribution in [-0.2, 0) is 16.6 Å². The quantitative estimate of drug-likeness (QED) is 0.523. The lowest BCUT2D eigenvalue weighted by Crippen LogP contribution is -2.26. The molecule has 0 aliphatic carbocycles. The van der Waals surface area contributed by atoms with Crippen LogP contribution < -0.4 is 4.31 Å². The summed E-state index contributed by atoms with van der Waals surface area (Å²) in [5.41, 5.74) is 4.67. The second-order valence-corrected chi connectivity index (χ2v) is 8.98. The molecule has 140 valence electrons. The van der Waals surface area contributed by atoms with Crippen molar-refractivity contribution in [2.24, 2.45) is 0 Å². The summed E-state index contributed by atoms with van der Waals surface area (Å²) < 4.78 is 29.6. The molecule has 0 saturated heterocycles. The normalized spacial score (nSPS) is 14.7. The van der Waals surface area contributed by atoms with Gasteiger partial charge in [0.05, 0.1) is 28.5 Å². The van der Waals surface area contributed by atoms with Gasteiger partial charge in [0.2, 0.25) is 0 Å². The zero-order valence-electron chi connectivity index (χ0n) is 15.6. The van der Waals surface area contributed by atoms with Gasteiger partial charge in [0.25, 0.3) is 10.0 Å². The molecule has 3 aromatic carbocycles. The highest BCUT2D eigenvalue weighted by Crippen LogP contribution is 2.42. The molecule has 0 bridgehead atoms. The third-order valence-corrected chi connectivity index (χ3v) is 7.00. The van der Waals surface area contributed by atoms with Gasteiger partial charge in [-0.2, -0.15) is 5.10 Å². The molecule has 1 aromatic heterocycles. The molecule has 6 heteroatoms. The first-order valence-electron chi connectivity index (χ1n) is 9.12. The average Bonchev–Trinajstić information content (AvgIpc) is 3.13. The maximum Gasteiger partial charge on any atom is 0.265 e. The van der Waals surface area contributed by atoms with Gasteiger partial charge < -0.3 is 0 Å². The molecule has 0 amide bonds. The number of aromatic nitrogens is 2. The Labute approximate surface area is 163 Å². The average molecular weight is 389 g/mol. The van der Waals surface area contributed by atoms with E-state index in [4.69, 9.17) is 0 Å². The van der Waals surface area contributed by atoms with Gasteiger partial charge in [-0.25, -0.2) is 13.1 Å². The Bertz CT molecular complexity index is 1320. The Morgan fingerprint density at radius 1 is 0.929 bits per heavy atom. The number of hydrogen-bond donors (Lipinski definition) is 0. The van der Waals surface area contributed by atoms with Crippen LogP contribution in [0.2, 0.25) is 0 Å². The molecule has 5 nitrogen and oxygen atoms in total. The molecule has 0 atom stereocenters. The van der Waals surface area contributed by atoms with E-state index in [1.165, 1.54) is 4.31 Å². The van der Waals surface area contributed by atoms with Gasteiger partial charge in [0.15, 0.2) is 0 Å². The zero-order chi connectivity index (χ0) is 19.5. The molecule has 0 radical (unpaired) electrons. The minimum absolute atomic E-state index is 0.299. The lowest BCUT2D eigenvalue weighted by atomic mass is 10.1. The maximum atomic E-state index is 13.1. The maximum absolute atomic E-state index is 13.1. The molecule has 4 aromatic rings. The minimum Gasteiger partial charge on any atom is -0.261 e. The highest BCUT2D eigenvalue weighted by Gasteiger charge is 2.35. The van der Waals surface area contributed by atoms with Crippen LogP contribution in [0, 0.1) is 13.8 Å². The van der Waals surface area contributed by atoms with E-state index in [0.717, 1.165) is 39.1 Å². The number of nitrogens with zero attached hydrogens (tertiary/aromatic N) is 3. The SMILES string of the molecule is Cc1cc(C)n(-c2ccc(CN3c4cccc5cccc(c45)S3(=O)=O)cc2)n1. The molecule has 28 heavy (non-hydrogen) atoms. The van der Waals surface area contributed by atoms with E-state index in [1.54, 1.807) is 12.1 Å². The summed E-state index contributed by atoms with van der Waals surface area (Å²) in [6.45, 7) is 4.28. The van der Waals surface area contributed by atoms with Gasteiger partial charge in [0, 0.05) is 11.1 Å². The number of rotatable bonds is 3. The summed E-state index contributed by atoms with van der Waals surface area (Å²) in [7, 11) is -3.55. The van der Waals surface area contributed by atoms with Crippen LogP contribution in [0.25, 0.3) is 16.5 Å². The third kappa shape index (κ3) is 2.45.